The van der Waals surface area contributed by atoms with Gasteiger partial charge in [0, 0.05) is 24.3 Å². The SMILES string of the molecule is Cc1cc(N(C)C(C)C2CC2)ccc1C(=N)N. The van der Waals surface area contributed by atoms with Crippen molar-refractivity contribution in [2.75, 3.05) is 11.9 Å². The molecule has 1 aliphatic carbocycles. The van der Waals surface area contributed by atoms with Crippen LogP contribution in [0.2, 0.25) is 0 Å². The van der Waals surface area contributed by atoms with E-state index >= 15 is 0 Å². The fourth-order valence-electron chi connectivity index (χ4n) is 2.30. The van der Waals surface area contributed by atoms with E-state index in [1.165, 1.54) is 18.5 Å². The summed E-state index contributed by atoms with van der Waals surface area (Å²) < 4.78 is 0. The van der Waals surface area contributed by atoms with E-state index in [9.17, 15) is 0 Å². The Hall–Kier alpha value is -1.51. The van der Waals surface area contributed by atoms with Gasteiger partial charge >= 0.3 is 0 Å². The van der Waals surface area contributed by atoms with Crippen molar-refractivity contribution in [1.29, 1.82) is 5.41 Å². The van der Waals surface area contributed by atoms with Crippen LogP contribution in [0.5, 0.6) is 0 Å². The number of anilines is 1. The fourth-order valence-corrected chi connectivity index (χ4v) is 2.30. The molecule has 1 aromatic carbocycles. The minimum Gasteiger partial charge on any atom is -0.384 e. The van der Waals surface area contributed by atoms with E-state index in [-0.39, 0.29) is 5.84 Å². The molecular formula is C14H21N3. The Balaban J connectivity index is 2.21. The molecule has 0 heterocycles. The molecule has 3 nitrogen and oxygen atoms in total. The molecule has 3 heteroatoms. The summed E-state index contributed by atoms with van der Waals surface area (Å²) in [5.41, 5.74) is 8.65. The third-order valence-corrected chi connectivity index (χ3v) is 3.82. The summed E-state index contributed by atoms with van der Waals surface area (Å²) in [5, 5.41) is 7.48. The largest absolute Gasteiger partial charge is 0.384 e. The second kappa shape index (κ2) is 4.40. The van der Waals surface area contributed by atoms with E-state index in [1.54, 1.807) is 0 Å². The predicted octanol–water partition coefficient (Wildman–Crippen LogP) is 2.51. The lowest BCUT2D eigenvalue weighted by Crippen LogP contribution is -2.30. The molecule has 2 rings (SSSR count). The lowest BCUT2D eigenvalue weighted by atomic mass is 10.1. The van der Waals surface area contributed by atoms with Crippen LogP contribution >= 0.6 is 0 Å². The van der Waals surface area contributed by atoms with Crippen LogP contribution in [-0.2, 0) is 0 Å². The first-order chi connectivity index (χ1) is 8.00. The molecule has 92 valence electrons. The van der Waals surface area contributed by atoms with E-state index in [1.807, 2.05) is 13.0 Å². The number of nitrogens with one attached hydrogen (secondary N) is 1. The van der Waals surface area contributed by atoms with Crippen LogP contribution < -0.4 is 10.6 Å². The topological polar surface area (TPSA) is 53.1 Å². The molecule has 0 saturated heterocycles. The highest BCUT2D eigenvalue weighted by atomic mass is 15.1. The standard InChI is InChI=1S/C14H21N3/c1-9-8-12(6-7-13(9)14(15)16)17(3)10(2)11-4-5-11/h6-8,10-11H,4-5H2,1-3H3,(H3,15,16). The first kappa shape index (κ1) is 12.0. The van der Waals surface area contributed by atoms with Gasteiger partial charge in [0.25, 0.3) is 0 Å². The van der Waals surface area contributed by atoms with E-state index in [0.29, 0.717) is 6.04 Å². The highest BCUT2D eigenvalue weighted by molar-refractivity contribution is 5.96. The molecule has 1 aromatic rings. The maximum absolute atomic E-state index is 7.48. The molecule has 17 heavy (non-hydrogen) atoms. The molecule has 0 bridgehead atoms. The monoisotopic (exact) mass is 231 g/mol. The molecule has 0 spiro atoms. The van der Waals surface area contributed by atoms with Crippen molar-refractivity contribution in [2.45, 2.75) is 32.7 Å². The average Bonchev–Trinajstić information content (AvgIpc) is 3.10. The van der Waals surface area contributed by atoms with Gasteiger partial charge < -0.3 is 10.6 Å². The molecule has 1 saturated carbocycles. The number of hydrogen-bond acceptors (Lipinski definition) is 2. The van der Waals surface area contributed by atoms with Crippen molar-refractivity contribution in [3.05, 3.63) is 29.3 Å². The maximum Gasteiger partial charge on any atom is 0.123 e. The summed E-state index contributed by atoms with van der Waals surface area (Å²) in [6, 6.07) is 6.72. The van der Waals surface area contributed by atoms with E-state index in [0.717, 1.165) is 17.0 Å². The Kier molecular flexibility index (Phi) is 3.09. The summed E-state index contributed by atoms with van der Waals surface area (Å²) in [6.07, 6.45) is 2.71. The lowest BCUT2D eigenvalue weighted by Gasteiger charge is -2.27. The Morgan fingerprint density at radius 2 is 2.12 bits per heavy atom. The maximum atomic E-state index is 7.48. The van der Waals surface area contributed by atoms with Gasteiger partial charge in [-0.25, -0.2) is 0 Å². The number of nitrogens with zero attached hydrogens (tertiary/aromatic N) is 1. The van der Waals surface area contributed by atoms with Crippen molar-refractivity contribution in [3.8, 4) is 0 Å². The first-order valence-electron chi connectivity index (χ1n) is 6.18. The minimum absolute atomic E-state index is 0.145. The molecule has 0 amide bonds. The molecule has 1 aliphatic rings. The van der Waals surface area contributed by atoms with Gasteiger partial charge in [0.05, 0.1) is 0 Å². The van der Waals surface area contributed by atoms with Crippen molar-refractivity contribution in [1.82, 2.24) is 0 Å². The Morgan fingerprint density at radius 3 is 2.59 bits per heavy atom. The third-order valence-electron chi connectivity index (χ3n) is 3.82. The second-order valence-corrected chi connectivity index (χ2v) is 5.10. The van der Waals surface area contributed by atoms with Crippen LogP contribution in [0.3, 0.4) is 0 Å². The summed E-state index contributed by atoms with van der Waals surface area (Å²) in [4.78, 5) is 2.33. The van der Waals surface area contributed by atoms with Crippen molar-refractivity contribution in [3.63, 3.8) is 0 Å². The smallest absolute Gasteiger partial charge is 0.123 e. The molecule has 0 aliphatic heterocycles. The van der Waals surface area contributed by atoms with Crippen LogP contribution in [0.15, 0.2) is 18.2 Å². The summed E-state index contributed by atoms with van der Waals surface area (Å²) >= 11 is 0. The number of hydrogen-bond donors (Lipinski definition) is 2. The van der Waals surface area contributed by atoms with Crippen LogP contribution in [0.25, 0.3) is 0 Å². The molecule has 1 fully saturated rings. The first-order valence-corrected chi connectivity index (χ1v) is 6.18. The van der Waals surface area contributed by atoms with Crippen LogP contribution in [-0.4, -0.2) is 18.9 Å². The van der Waals surface area contributed by atoms with Gasteiger partial charge in [-0.15, -0.1) is 0 Å². The zero-order chi connectivity index (χ0) is 12.6. The number of nitrogens with two attached hydrogens (primary N) is 1. The van der Waals surface area contributed by atoms with Crippen LogP contribution in [0, 0.1) is 18.3 Å². The summed E-state index contributed by atoms with van der Waals surface area (Å²) in [7, 11) is 2.14. The van der Waals surface area contributed by atoms with Crippen LogP contribution in [0.1, 0.15) is 30.9 Å². The minimum atomic E-state index is 0.145. The van der Waals surface area contributed by atoms with Crippen molar-refractivity contribution >= 4 is 11.5 Å². The number of aryl methyl sites for hydroxylation is 1. The van der Waals surface area contributed by atoms with Gasteiger partial charge in [-0.3, -0.25) is 5.41 Å². The van der Waals surface area contributed by atoms with Gasteiger partial charge in [0.1, 0.15) is 5.84 Å². The van der Waals surface area contributed by atoms with Crippen molar-refractivity contribution < 1.29 is 0 Å². The van der Waals surface area contributed by atoms with Crippen molar-refractivity contribution in [2.24, 2.45) is 11.7 Å². The number of nitrogen functional groups attached to an aromatic ring is 1. The zero-order valence-electron chi connectivity index (χ0n) is 10.8. The fraction of sp³-hybridized carbons (Fsp3) is 0.500. The quantitative estimate of drug-likeness (QED) is 0.618. The van der Waals surface area contributed by atoms with Gasteiger partial charge in [-0.05, 0) is 56.4 Å². The Bertz CT molecular complexity index is 435. The summed E-state index contributed by atoms with van der Waals surface area (Å²) in [5.74, 6) is 1.000. The molecule has 1 atom stereocenters. The normalized spacial score (nSPS) is 16.6. The molecular weight excluding hydrogens is 210 g/mol. The number of benzene rings is 1. The van der Waals surface area contributed by atoms with E-state index < -0.39 is 0 Å². The second-order valence-electron chi connectivity index (χ2n) is 5.10. The van der Waals surface area contributed by atoms with Gasteiger partial charge in [0.2, 0.25) is 0 Å². The predicted molar refractivity (Wildman–Crippen MR) is 72.8 cm³/mol. The third kappa shape index (κ3) is 2.43. The molecule has 3 N–H and O–H groups in total. The summed E-state index contributed by atoms with van der Waals surface area (Å²) in [6.45, 7) is 4.29. The van der Waals surface area contributed by atoms with Gasteiger partial charge in [-0.1, -0.05) is 0 Å². The van der Waals surface area contributed by atoms with E-state index in [4.69, 9.17) is 11.1 Å². The highest BCUT2D eigenvalue weighted by Gasteiger charge is 2.30. The molecule has 1 unspecified atom stereocenters. The van der Waals surface area contributed by atoms with Crippen LogP contribution in [0.4, 0.5) is 5.69 Å². The average molecular weight is 231 g/mol. The highest BCUT2D eigenvalue weighted by Crippen LogP contribution is 2.36. The Labute approximate surface area is 103 Å². The zero-order valence-corrected chi connectivity index (χ0v) is 10.8. The van der Waals surface area contributed by atoms with Gasteiger partial charge in [0.15, 0.2) is 0 Å². The molecule has 0 aromatic heterocycles. The number of rotatable bonds is 4. The molecule has 0 radical (unpaired) electrons. The Morgan fingerprint density at radius 1 is 1.47 bits per heavy atom. The van der Waals surface area contributed by atoms with Gasteiger partial charge in [-0.2, -0.15) is 0 Å². The lowest BCUT2D eigenvalue weighted by molar-refractivity contribution is 0.609. The number of amidine groups is 1. The van der Waals surface area contributed by atoms with E-state index in [2.05, 4.69) is 31.0 Å².